The Labute approximate surface area is 120 Å². The third kappa shape index (κ3) is 3.18. The van der Waals surface area contributed by atoms with E-state index >= 15 is 0 Å². The normalized spacial score (nSPS) is 41.6. The first-order chi connectivity index (χ1) is 9.35. The molecule has 0 spiro atoms. The van der Waals surface area contributed by atoms with Gasteiger partial charge in [-0.3, -0.25) is 4.55 Å². The van der Waals surface area contributed by atoms with Crippen LogP contribution in [0.1, 0.15) is 44.9 Å². The maximum absolute atomic E-state index is 10.8. The Kier molecular flexibility index (Phi) is 3.86. The van der Waals surface area contributed by atoms with Crippen molar-refractivity contribution in [2.24, 2.45) is 17.8 Å². The van der Waals surface area contributed by atoms with E-state index < -0.39 is 22.0 Å². The molecule has 20 heavy (non-hydrogen) atoms. The van der Waals surface area contributed by atoms with Crippen molar-refractivity contribution < 1.29 is 18.1 Å². The molecule has 3 saturated carbocycles. The maximum Gasteiger partial charge on any atom is 0.267 e. The molecule has 3 rings (SSSR count). The summed E-state index contributed by atoms with van der Waals surface area (Å²) < 4.78 is 30.3. The third-order valence-electron chi connectivity index (χ3n) is 5.59. The van der Waals surface area contributed by atoms with Crippen LogP contribution in [0.2, 0.25) is 0 Å². The highest BCUT2D eigenvalue weighted by Crippen LogP contribution is 2.55. The van der Waals surface area contributed by atoms with E-state index in [4.69, 9.17) is 4.55 Å². The minimum atomic E-state index is -4.10. The van der Waals surface area contributed by atoms with E-state index in [0.29, 0.717) is 0 Å². The Morgan fingerprint density at radius 2 is 1.95 bits per heavy atom. The highest BCUT2D eigenvalue weighted by Gasteiger charge is 2.51. The van der Waals surface area contributed by atoms with Gasteiger partial charge in [0.2, 0.25) is 0 Å². The average Bonchev–Trinajstić information content (AvgIpc) is 2.47. The SMILES string of the molecule is O=S(=O)(O)CC(O)CNC12CC3C[C@H](CCC[C@H]3C1)C2. The number of nitrogens with one attached hydrogen (secondary N) is 1. The van der Waals surface area contributed by atoms with Crippen LogP contribution in [0.25, 0.3) is 0 Å². The molecule has 3 N–H and O–H groups in total. The van der Waals surface area contributed by atoms with Crippen LogP contribution in [0.5, 0.6) is 0 Å². The number of hydrogen-bond acceptors (Lipinski definition) is 4. The summed E-state index contributed by atoms with van der Waals surface area (Å²) in [7, 11) is -4.10. The molecule has 3 bridgehead atoms. The first kappa shape index (κ1) is 14.8. The van der Waals surface area contributed by atoms with Gasteiger partial charge in [0.15, 0.2) is 0 Å². The second-order valence-corrected chi connectivity index (χ2v) is 8.73. The summed E-state index contributed by atoms with van der Waals surface area (Å²) in [6, 6.07) is 0. The van der Waals surface area contributed by atoms with Crippen LogP contribution >= 0.6 is 0 Å². The molecule has 0 aromatic heterocycles. The summed E-state index contributed by atoms with van der Waals surface area (Å²) >= 11 is 0. The van der Waals surface area contributed by atoms with E-state index in [9.17, 15) is 13.5 Å². The van der Waals surface area contributed by atoms with Gasteiger partial charge in [0, 0.05) is 12.1 Å². The van der Waals surface area contributed by atoms with Gasteiger partial charge in [0.25, 0.3) is 10.1 Å². The minimum absolute atomic E-state index is 0.110. The molecule has 5 atom stereocenters. The molecule has 0 aromatic carbocycles. The molecule has 0 saturated heterocycles. The Bertz CT molecular complexity index is 462. The Balaban J connectivity index is 1.60. The first-order valence-corrected chi connectivity index (χ1v) is 9.34. The van der Waals surface area contributed by atoms with E-state index in [1.165, 1.54) is 44.9 Å². The lowest BCUT2D eigenvalue weighted by Crippen LogP contribution is -2.50. The quantitative estimate of drug-likeness (QED) is 0.664. The number of rotatable bonds is 5. The Morgan fingerprint density at radius 3 is 2.70 bits per heavy atom. The van der Waals surface area contributed by atoms with Crippen molar-refractivity contribution in [2.75, 3.05) is 12.3 Å². The van der Waals surface area contributed by atoms with Gasteiger partial charge < -0.3 is 10.4 Å². The van der Waals surface area contributed by atoms with E-state index in [-0.39, 0.29) is 12.1 Å². The summed E-state index contributed by atoms with van der Waals surface area (Å²) in [4.78, 5) is 0. The van der Waals surface area contributed by atoms with Crippen LogP contribution in [0, 0.1) is 17.8 Å². The van der Waals surface area contributed by atoms with Crippen molar-refractivity contribution in [1.29, 1.82) is 0 Å². The highest BCUT2D eigenvalue weighted by molar-refractivity contribution is 7.85. The van der Waals surface area contributed by atoms with Crippen molar-refractivity contribution in [3.63, 3.8) is 0 Å². The van der Waals surface area contributed by atoms with Crippen LogP contribution in [-0.4, -0.2) is 42.0 Å². The molecule has 3 unspecified atom stereocenters. The second kappa shape index (κ2) is 5.23. The van der Waals surface area contributed by atoms with E-state index in [1.54, 1.807) is 0 Å². The summed E-state index contributed by atoms with van der Waals surface area (Å²) in [5, 5.41) is 13.2. The zero-order valence-electron chi connectivity index (χ0n) is 11.8. The second-order valence-electron chi connectivity index (χ2n) is 7.23. The number of β-amino-alcohol motifs (C(OH)–C–C–N with tert-alkyl or cyclic N) is 1. The number of aliphatic hydroxyl groups excluding tert-OH is 1. The fraction of sp³-hybridized carbons (Fsp3) is 1.00. The number of fused-ring (bicyclic) bond motifs is 2. The van der Waals surface area contributed by atoms with Crippen molar-refractivity contribution >= 4 is 10.1 Å². The molecule has 5 nitrogen and oxygen atoms in total. The zero-order valence-corrected chi connectivity index (χ0v) is 12.6. The molecule has 0 amide bonds. The molecule has 6 heteroatoms. The first-order valence-electron chi connectivity index (χ1n) is 7.73. The van der Waals surface area contributed by atoms with Crippen molar-refractivity contribution in [3.05, 3.63) is 0 Å². The van der Waals surface area contributed by atoms with Crippen molar-refractivity contribution in [2.45, 2.75) is 56.6 Å². The van der Waals surface area contributed by atoms with Gasteiger partial charge in [-0.1, -0.05) is 19.3 Å². The molecule has 0 radical (unpaired) electrons. The minimum Gasteiger partial charge on any atom is -0.391 e. The zero-order chi connectivity index (χ0) is 14.4. The Morgan fingerprint density at radius 1 is 1.20 bits per heavy atom. The molecule has 3 aliphatic carbocycles. The summed E-state index contributed by atoms with van der Waals surface area (Å²) in [6.45, 7) is 0.256. The lowest BCUT2D eigenvalue weighted by Gasteiger charge is -2.39. The van der Waals surface area contributed by atoms with Gasteiger partial charge in [-0.05, 0) is 43.4 Å². The van der Waals surface area contributed by atoms with E-state index in [0.717, 1.165) is 17.8 Å². The largest absolute Gasteiger partial charge is 0.391 e. The predicted molar refractivity (Wildman–Crippen MR) is 75.9 cm³/mol. The predicted octanol–water partition coefficient (Wildman–Crippen LogP) is 1.18. The molecule has 0 heterocycles. The molecular weight excluding hydrogens is 278 g/mol. The summed E-state index contributed by atoms with van der Waals surface area (Å²) in [5.41, 5.74) is 0.110. The fourth-order valence-corrected chi connectivity index (χ4v) is 5.61. The van der Waals surface area contributed by atoms with E-state index in [2.05, 4.69) is 5.32 Å². The average molecular weight is 303 g/mol. The van der Waals surface area contributed by atoms with Crippen LogP contribution in [0.15, 0.2) is 0 Å². The van der Waals surface area contributed by atoms with Crippen molar-refractivity contribution in [1.82, 2.24) is 5.32 Å². The van der Waals surface area contributed by atoms with Gasteiger partial charge in [0.05, 0.1) is 6.10 Å². The van der Waals surface area contributed by atoms with Gasteiger partial charge >= 0.3 is 0 Å². The smallest absolute Gasteiger partial charge is 0.267 e. The third-order valence-corrected chi connectivity index (χ3v) is 6.40. The Hall–Kier alpha value is -0.170. The monoisotopic (exact) mass is 303 g/mol. The van der Waals surface area contributed by atoms with Gasteiger partial charge in [-0.15, -0.1) is 0 Å². The van der Waals surface area contributed by atoms with Crippen molar-refractivity contribution in [3.8, 4) is 0 Å². The standard InChI is InChI=1S/C14H25NO4S/c16-13(9-20(17,18)19)8-15-14-5-10-2-1-3-11(6-14)12(4-10)7-14/h10-13,15-16H,1-9H2,(H,17,18,19)/t10-,11-,12?,13?,14?/m0/s1. The van der Waals surface area contributed by atoms with Crippen LogP contribution < -0.4 is 5.32 Å². The van der Waals surface area contributed by atoms with Crippen LogP contribution in [0.4, 0.5) is 0 Å². The molecule has 3 fully saturated rings. The summed E-state index contributed by atoms with van der Waals surface area (Å²) in [6.07, 6.45) is 7.86. The molecule has 3 aliphatic rings. The van der Waals surface area contributed by atoms with Gasteiger partial charge in [-0.2, -0.15) is 8.42 Å². The highest BCUT2D eigenvalue weighted by atomic mass is 32.2. The van der Waals surface area contributed by atoms with Crippen LogP contribution in [0.3, 0.4) is 0 Å². The van der Waals surface area contributed by atoms with Gasteiger partial charge in [0.1, 0.15) is 5.75 Å². The molecular formula is C14H25NO4S. The lowest BCUT2D eigenvalue weighted by molar-refractivity contribution is 0.138. The molecule has 116 valence electrons. The molecule has 0 aliphatic heterocycles. The topological polar surface area (TPSA) is 86.6 Å². The van der Waals surface area contributed by atoms with Gasteiger partial charge in [-0.25, -0.2) is 0 Å². The summed E-state index contributed by atoms with van der Waals surface area (Å²) in [5.74, 6) is 1.86. The van der Waals surface area contributed by atoms with Crippen LogP contribution in [-0.2, 0) is 10.1 Å². The number of hydrogen-bond donors (Lipinski definition) is 3. The lowest BCUT2D eigenvalue weighted by atomic mass is 9.75. The van der Waals surface area contributed by atoms with E-state index in [1.807, 2.05) is 0 Å². The molecule has 0 aromatic rings. The number of aliphatic hydroxyl groups is 1. The fourth-order valence-electron chi connectivity index (χ4n) is 5.01. The maximum atomic E-state index is 10.8.